The minimum atomic E-state index is -4.66. The number of halogens is 4. The van der Waals surface area contributed by atoms with E-state index in [1.807, 2.05) is 23.1 Å². The number of piperidine rings is 1. The number of hydrogen-bond acceptors (Lipinski definition) is 7. The van der Waals surface area contributed by atoms with E-state index in [-0.39, 0.29) is 25.3 Å². The fourth-order valence-corrected chi connectivity index (χ4v) is 5.69. The van der Waals surface area contributed by atoms with Crippen molar-refractivity contribution in [3.63, 3.8) is 0 Å². The zero-order valence-corrected chi connectivity index (χ0v) is 24.2. The van der Waals surface area contributed by atoms with Gasteiger partial charge in [0.2, 0.25) is 5.82 Å². The van der Waals surface area contributed by atoms with E-state index in [4.69, 9.17) is 4.98 Å². The molecule has 1 N–H and O–H groups in total. The molecule has 1 amide bonds. The van der Waals surface area contributed by atoms with Crippen LogP contribution in [0.25, 0.3) is 10.9 Å². The fraction of sp³-hybridized carbons (Fsp3) is 0.533. The number of pyridine rings is 1. The number of hydrogen-bond donors (Lipinski definition) is 1. The average molecular weight is 588 g/mol. The van der Waals surface area contributed by atoms with Crippen molar-refractivity contribution in [2.45, 2.75) is 57.5 Å². The summed E-state index contributed by atoms with van der Waals surface area (Å²) in [4.78, 5) is 32.0. The Kier molecular flexibility index (Phi) is 8.66. The van der Waals surface area contributed by atoms with Crippen LogP contribution in [0.1, 0.15) is 61.4 Å². The van der Waals surface area contributed by atoms with Crippen LogP contribution >= 0.6 is 0 Å². The molecule has 0 aliphatic carbocycles. The summed E-state index contributed by atoms with van der Waals surface area (Å²) in [6.45, 7) is 10.5. The normalized spacial score (nSPS) is 19.3. The lowest BCUT2D eigenvalue weighted by Crippen LogP contribution is -2.49. The summed E-state index contributed by atoms with van der Waals surface area (Å²) >= 11 is 0. The Bertz CT molecular complexity index is 1380. The molecule has 12 heteroatoms. The lowest BCUT2D eigenvalue weighted by atomic mass is 9.93. The van der Waals surface area contributed by atoms with Gasteiger partial charge in [-0.05, 0) is 57.9 Å². The number of carbonyl (C=O) groups excluding carboxylic acids is 1. The molecular weight excluding hydrogens is 550 g/mol. The minimum Gasteiger partial charge on any atom is -0.354 e. The van der Waals surface area contributed by atoms with E-state index < -0.39 is 23.7 Å². The van der Waals surface area contributed by atoms with Crippen LogP contribution in [-0.4, -0.2) is 88.2 Å². The van der Waals surface area contributed by atoms with Gasteiger partial charge in [-0.2, -0.15) is 13.2 Å². The largest absolute Gasteiger partial charge is 0.451 e. The van der Waals surface area contributed by atoms with Gasteiger partial charge in [0.1, 0.15) is 11.5 Å². The number of likely N-dealkylation sites (tertiary alicyclic amines) is 1. The summed E-state index contributed by atoms with van der Waals surface area (Å²) in [6.07, 6.45) is -1.82. The zero-order chi connectivity index (χ0) is 30.1. The highest BCUT2D eigenvalue weighted by atomic mass is 19.4. The Morgan fingerprint density at radius 3 is 2.26 bits per heavy atom. The van der Waals surface area contributed by atoms with Crippen LogP contribution in [0, 0.1) is 0 Å². The van der Waals surface area contributed by atoms with Crippen LogP contribution in [0.4, 0.5) is 23.4 Å². The van der Waals surface area contributed by atoms with Gasteiger partial charge in [-0.3, -0.25) is 14.6 Å². The summed E-state index contributed by atoms with van der Waals surface area (Å²) in [5, 5.41) is 3.66. The molecule has 2 fully saturated rings. The number of nitrogens with zero attached hydrogens (tertiary/aromatic N) is 6. The molecule has 2 aliphatic heterocycles. The molecule has 42 heavy (non-hydrogen) atoms. The van der Waals surface area contributed by atoms with Crippen molar-refractivity contribution in [2.24, 2.45) is 0 Å². The Morgan fingerprint density at radius 2 is 1.64 bits per heavy atom. The second-order valence-electron chi connectivity index (χ2n) is 11.7. The second-order valence-corrected chi connectivity index (χ2v) is 11.7. The van der Waals surface area contributed by atoms with Gasteiger partial charge in [0.25, 0.3) is 5.91 Å². The van der Waals surface area contributed by atoms with Gasteiger partial charge >= 0.3 is 6.18 Å². The number of rotatable bonds is 7. The summed E-state index contributed by atoms with van der Waals surface area (Å²) in [6, 6.07) is 9.23. The number of carbonyl (C=O) groups is 1. The summed E-state index contributed by atoms with van der Waals surface area (Å²) in [5.41, 5.74) is 0.274. The topological polar surface area (TPSA) is 77.5 Å². The van der Waals surface area contributed by atoms with E-state index in [1.54, 1.807) is 19.1 Å². The van der Waals surface area contributed by atoms with Crippen LogP contribution in [0.3, 0.4) is 0 Å². The van der Waals surface area contributed by atoms with E-state index in [0.717, 1.165) is 44.4 Å². The molecule has 1 unspecified atom stereocenters. The maximum atomic E-state index is 14.5. The molecule has 0 bridgehead atoms. The monoisotopic (exact) mass is 587 g/mol. The first-order chi connectivity index (χ1) is 19.9. The summed E-state index contributed by atoms with van der Waals surface area (Å²) < 4.78 is 53.7. The molecule has 0 spiro atoms. The smallest absolute Gasteiger partial charge is 0.354 e. The molecule has 4 heterocycles. The van der Waals surface area contributed by atoms with E-state index in [2.05, 4.69) is 38.9 Å². The molecule has 1 atom stereocenters. The van der Waals surface area contributed by atoms with Gasteiger partial charge < -0.3 is 10.2 Å². The van der Waals surface area contributed by atoms with Crippen LogP contribution in [0.15, 0.2) is 42.7 Å². The fourth-order valence-electron chi connectivity index (χ4n) is 5.69. The Hall–Kier alpha value is -3.38. The van der Waals surface area contributed by atoms with E-state index in [1.165, 1.54) is 0 Å². The molecule has 5 rings (SSSR count). The van der Waals surface area contributed by atoms with Crippen molar-refractivity contribution in [1.29, 1.82) is 0 Å². The molecule has 2 saturated heterocycles. The van der Waals surface area contributed by atoms with Gasteiger partial charge in [0.15, 0.2) is 0 Å². The lowest BCUT2D eigenvalue weighted by molar-refractivity contribution is -0.145. The van der Waals surface area contributed by atoms with Crippen molar-refractivity contribution in [2.75, 3.05) is 50.7 Å². The highest BCUT2D eigenvalue weighted by Gasteiger charge is 2.36. The highest BCUT2D eigenvalue weighted by molar-refractivity contribution is 6.06. The first kappa shape index (κ1) is 30.1. The quantitative estimate of drug-likeness (QED) is 0.396. The van der Waals surface area contributed by atoms with Crippen molar-refractivity contribution in [3.8, 4) is 0 Å². The number of benzene rings is 1. The van der Waals surface area contributed by atoms with Crippen LogP contribution < -0.4 is 10.2 Å². The molecular formula is C30H37F4N7O. The van der Waals surface area contributed by atoms with Crippen LogP contribution in [-0.2, 0) is 6.18 Å². The Balaban J connectivity index is 1.32. The van der Waals surface area contributed by atoms with E-state index in [9.17, 15) is 22.4 Å². The number of fused-ring (bicyclic) bond motifs is 1. The lowest BCUT2D eigenvalue weighted by Gasteiger charge is -2.39. The number of amides is 1. The maximum Gasteiger partial charge on any atom is 0.451 e. The average Bonchev–Trinajstić information content (AvgIpc) is 2.97. The zero-order valence-electron chi connectivity index (χ0n) is 24.2. The standard InChI is InChI=1S/C30H37F4N7O/c1-20(2)39-13-15-41(16-14-39)26-8-7-22-23(5-4-6-24(22)38-26)27(42)35-19-25(40-11-9-29(3,31)10-12-40)21-17-36-28(37-18-21)30(32,33)34/h4-8,17-18,20,25H,9-16,19H2,1-3H3,(H,35,42). The van der Waals surface area contributed by atoms with Gasteiger partial charge in [0.05, 0.1) is 11.6 Å². The predicted octanol–water partition coefficient (Wildman–Crippen LogP) is 4.87. The first-order valence-electron chi connectivity index (χ1n) is 14.4. The number of anilines is 1. The van der Waals surface area contributed by atoms with E-state index >= 15 is 0 Å². The molecule has 2 aliphatic rings. The van der Waals surface area contributed by atoms with Crippen molar-refractivity contribution >= 4 is 22.6 Å². The number of alkyl halides is 4. The molecule has 2 aromatic heterocycles. The third-order valence-corrected chi connectivity index (χ3v) is 8.38. The number of nitrogens with one attached hydrogen (secondary N) is 1. The number of piperazine rings is 1. The molecule has 0 saturated carbocycles. The first-order valence-corrected chi connectivity index (χ1v) is 14.4. The highest BCUT2D eigenvalue weighted by Crippen LogP contribution is 2.32. The van der Waals surface area contributed by atoms with Gasteiger partial charge in [0, 0.05) is 80.8 Å². The maximum absolute atomic E-state index is 14.5. The Labute approximate surface area is 243 Å². The minimum absolute atomic E-state index is 0.0958. The van der Waals surface area contributed by atoms with Crippen LogP contribution in [0.5, 0.6) is 0 Å². The third kappa shape index (κ3) is 6.81. The predicted molar refractivity (Wildman–Crippen MR) is 153 cm³/mol. The SMILES string of the molecule is CC(C)N1CCN(c2ccc3c(C(=O)NCC(c4cnc(C(F)(F)F)nc4)N4CCC(C)(F)CC4)cccc3n2)CC1. The van der Waals surface area contributed by atoms with Crippen molar-refractivity contribution in [1.82, 2.24) is 30.1 Å². The Morgan fingerprint density at radius 1 is 0.976 bits per heavy atom. The molecule has 3 aromatic rings. The number of aromatic nitrogens is 3. The summed E-state index contributed by atoms with van der Waals surface area (Å²) in [7, 11) is 0. The summed E-state index contributed by atoms with van der Waals surface area (Å²) in [5.74, 6) is -0.685. The van der Waals surface area contributed by atoms with Crippen molar-refractivity contribution in [3.05, 3.63) is 59.7 Å². The van der Waals surface area contributed by atoms with Gasteiger partial charge in [-0.15, -0.1) is 0 Å². The molecule has 0 radical (unpaired) electrons. The second kappa shape index (κ2) is 12.1. The van der Waals surface area contributed by atoms with Crippen LogP contribution in [0.2, 0.25) is 0 Å². The molecule has 226 valence electrons. The molecule has 1 aromatic carbocycles. The van der Waals surface area contributed by atoms with E-state index in [0.29, 0.717) is 41.2 Å². The van der Waals surface area contributed by atoms with Crippen molar-refractivity contribution < 1.29 is 22.4 Å². The molecule has 8 nitrogen and oxygen atoms in total. The van der Waals surface area contributed by atoms with Gasteiger partial charge in [-0.25, -0.2) is 19.3 Å². The van der Waals surface area contributed by atoms with Gasteiger partial charge in [-0.1, -0.05) is 6.07 Å². The third-order valence-electron chi connectivity index (χ3n) is 8.38.